The molecule has 2 aromatic heterocycles. The van der Waals surface area contributed by atoms with Gasteiger partial charge < -0.3 is 5.11 Å². The average Bonchev–Trinajstić information content (AvgIpc) is 3.36. The van der Waals surface area contributed by atoms with Crippen molar-refractivity contribution in [2.24, 2.45) is 0 Å². The number of aromatic nitrogens is 4. The number of carboxylic acid groups (broad SMARTS) is 1. The molecule has 0 saturated carbocycles. The van der Waals surface area contributed by atoms with Crippen molar-refractivity contribution in [1.29, 1.82) is 0 Å². The Hall–Kier alpha value is -4.23. The van der Waals surface area contributed by atoms with Gasteiger partial charge >= 0.3 is 5.97 Å². The lowest BCUT2D eigenvalue weighted by Gasteiger charge is -2.38. The molecule has 0 aliphatic heterocycles. The third-order valence-electron chi connectivity index (χ3n) is 6.97. The highest BCUT2D eigenvalue weighted by molar-refractivity contribution is 7.98. The number of fused-ring (bicyclic) bond motifs is 3. The van der Waals surface area contributed by atoms with Gasteiger partial charge in [-0.1, -0.05) is 103 Å². The first-order chi connectivity index (χ1) is 18.1. The van der Waals surface area contributed by atoms with Crippen molar-refractivity contribution in [2.45, 2.75) is 23.5 Å². The van der Waals surface area contributed by atoms with Gasteiger partial charge in [0, 0.05) is 11.8 Å². The molecule has 2 heterocycles. The predicted octanol–water partition coefficient (Wildman–Crippen LogP) is 5.70. The van der Waals surface area contributed by atoms with E-state index >= 15 is 0 Å². The Balaban J connectivity index is 1.81. The van der Waals surface area contributed by atoms with E-state index in [9.17, 15) is 9.90 Å². The highest BCUT2D eigenvalue weighted by atomic mass is 32.2. The molecule has 1 aliphatic carbocycles. The zero-order valence-corrected chi connectivity index (χ0v) is 21.0. The van der Waals surface area contributed by atoms with Gasteiger partial charge in [-0.3, -0.25) is 0 Å². The fourth-order valence-corrected chi connectivity index (χ4v) is 5.73. The van der Waals surface area contributed by atoms with Crippen LogP contribution in [0.4, 0.5) is 0 Å². The Morgan fingerprint density at radius 2 is 1.41 bits per heavy atom. The number of aryl methyl sites for hydroxylation is 1. The molecular weight excluding hydrogens is 480 g/mol. The maximum Gasteiger partial charge on any atom is 0.356 e. The van der Waals surface area contributed by atoms with Crippen molar-refractivity contribution in [3.05, 3.63) is 131 Å². The average molecular weight is 505 g/mol. The highest BCUT2D eigenvalue weighted by Gasteiger charge is 2.44. The minimum Gasteiger partial charge on any atom is -0.476 e. The molecule has 37 heavy (non-hydrogen) atoms. The molecule has 6 rings (SSSR count). The van der Waals surface area contributed by atoms with E-state index in [2.05, 4.69) is 41.4 Å². The van der Waals surface area contributed by atoms with Crippen LogP contribution in [0.15, 0.2) is 102 Å². The zero-order valence-electron chi connectivity index (χ0n) is 20.2. The van der Waals surface area contributed by atoms with E-state index in [0.717, 1.165) is 33.6 Å². The number of nitrogens with zero attached hydrogens (tertiary/aromatic N) is 4. The molecule has 0 bridgehead atoms. The summed E-state index contributed by atoms with van der Waals surface area (Å²) in [5.41, 5.74) is 5.21. The number of hydrogen-bond acceptors (Lipinski definition) is 5. The summed E-state index contributed by atoms with van der Waals surface area (Å²) in [7, 11) is 0. The molecule has 1 aliphatic rings. The summed E-state index contributed by atoms with van der Waals surface area (Å²) in [5, 5.41) is 15.8. The fourth-order valence-electron chi connectivity index (χ4n) is 5.39. The molecule has 182 valence electrons. The maximum absolute atomic E-state index is 12.5. The Morgan fingerprint density at radius 1 is 0.865 bits per heavy atom. The Morgan fingerprint density at radius 3 is 1.89 bits per heavy atom. The summed E-state index contributed by atoms with van der Waals surface area (Å²) in [6.07, 6.45) is 5.02. The van der Waals surface area contributed by atoms with Crippen molar-refractivity contribution in [3.63, 3.8) is 0 Å². The van der Waals surface area contributed by atoms with Gasteiger partial charge in [-0.25, -0.2) is 19.4 Å². The van der Waals surface area contributed by atoms with Crippen LogP contribution in [0.3, 0.4) is 0 Å². The summed E-state index contributed by atoms with van der Waals surface area (Å²) in [6, 6.07) is 30.4. The van der Waals surface area contributed by atoms with Crippen molar-refractivity contribution in [1.82, 2.24) is 19.7 Å². The van der Waals surface area contributed by atoms with E-state index in [1.54, 1.807) is 0 Å². The number of carbonyl (C=O) groups is 1. The smallest absolute Gasteiger partial charge is 0.356 e. The van der Waals surface area contributed by atoms with Crippen molar-refractivity contribution in [3.8, 4) is 11.4 Å². The molecule has 0 atom stereocenters. The van der Waals surface area contributed by atoms with Crippen molar-refractivity contribution < 1.29 is 9.90 Å². The van der Waals surface area contributed by atoms with Gasteiger partial charge in [-0.15, -0.1) is 0 Å². The number of aromatic carboxylic acids is 1. The van der Waals surface area contributed by atoms with Gasteiger partial charge in [0.2, 0.25) is 0 Å². The predicted molar refractivity (Wildman–Crippen MR) is 144 cm³/mol. The first-order valence-corrected chi connectivity index (χ1v) is 13.3. The summed E-state index contributed by atoms with van der Waals surface area (Å²) < 4.78 is 1.90. The molecule has 0 saturated heterocycles. The minimum absolute atomic E-state index is 0.0668. The van der Waals surface area contributed by atoms with E-state index in [4.69, 9.17) is 10.1 Å². The maximum atomic E-state index is 12.5. The van der Waals surface area contributed by atoms with Gasteiger partial charge in [0.05, 0.1) is 11.4 Å². The summed E-state index contributed by atoms with van der Waals surface area (Å²) in [5.74, 6) is -1.04. The largest absolute Gasteiger partial charge is 0.476 e. The Bertz CT molecular complexity index is 1490. The van der Waals surface area contributed by atoms with E-state index in [-0.39, 0.29) is 5.69 Å². The van der Waals surface area contributed by atoms with Crippen molar-refractivity contribution in [2.75, 3.05) is 6.26 Å². The second-order valence-electron chi connectivity index (χ2n) is 8.93. The van der Waals surface area contributed by atoms with Crippen LogP contribution < -0.4 is 0 Å². The fraction of sp³-hybridized carbons (Fsp3) is 0.133. The lowest BCUT2D eigenvalue weighted by atomic mass is 9.76. The first-order valence-electron chi connectivity index (χ1n) is 12.1. The number of thioether (sulfide) groups is 1. The van der Waals surface area contributed by atoms with Gasteiger partial charge in [0.1, 0.15) is 5.54 Å². The Labute approximate surface area is 219 Å². The van der Waals surface area contributed by atoms with Gasteiger partial charge in [0.15, 0.2) is 10.9 Å². The van der Waals surface area contributed by atoms with Crippen LogP contribution in [0.1, 0.15) is 38.3 Å². The standard InChI is InChI=1S/C30H24N4O2S/c1-37-29-31-19-20-17-18-24-26(28(35)36)33-34(27(24)25(20)32-29)30(21-11-5-2-6-12-21,22-13-7-3-8-14-22)23-15-9-4-10-16-23/h2-16,19H,17-18H2,1H3,(H,35,36). The molecule has 0 spiro atoms. The second kappa shape index (κ2) is 9.33. The molecular formula is C30H24N4O2S. The Kier molecular flexibility index (Phi) is 5.85. The minimum atomic E-state index is -1.04. The molecule has 0 unspecified atom stereocenters. The lowest BCUT2D eigenvalue weighted by molar-refractivity contribution is 0.0688. The third kappa shape index (κ3) is 3.65. The monoisotopic (exact) mass is 504 g/mol. The van der Waals surface area contributed by atoms with E-state index in [0.29, 0.717) is 23.6 Å². The van der Waals surface area contributed by atoms with Crippen molar-refractivity contribution >= 4 is 17.7 Å². The van der Waals surface area contributed by atoms with Gasteiger partial charge in [-0.2, -0.15) is 5.10 Å². The van der Waals surface area contributed by atoms with E-state index < -0.39 is 11.5 Å². The number of rotatable bonds is 6. The van der Waals surface area contributed by atoms with Crippen LogP contribution >= 0.6 is 11.8 Å². The number of carboxylic acids is 1. The van der Waals surface area contributed by atoms with Crippen LogP contribution in [-0.4, -0.2) is 37.1 Å². The summed E-state index contributed by atoms with van der Waals surface area (Å²) in [4.78, 5) is 21.9. The molecule has 6 nitrogen and oxygen atoms in total. The van der Waals surface area contributed by atoms with Crippen LogP contribution in [0.2, 0.25) is 0 Å². The van der Waals surface area contributed by atoms with Crippen LogP contribution in [0.5, 0.6) is 0 Å². The molecule has 5 aromatic rings. The van der Waals surface area contributed by atoms with E-state index in [1.807, 2.05) is 71.7 Å². The summed E-state index contributed by atoms with van der Waals surface area (Å²) >= 11 is 1.46. The number of hydrogen-bond donors (Lipinski definition) is 1. The molecule has 0 radical (unpaired) electrons. The topological polar surface area (TPSA) is 80.9 Å². The summed E-state index contributed by atoms with van der Waals surface area (Å²) in [6.45, 7) is 0. The molecule has 3 aromatic carbocycles. The molecule has 1 N–H and O–H groups in total. The van der Waals surface area contributed by atoms with E-state index in [1.165, 1.54) is 11.8 Å². The molecule has 0 fully saturated rings. The molecule has 7 heteroatoms. The zero-order chi connectivity index (χ0) is 25.4. The third-order valence-corrected chi connectivity index (χ3v) is 7.53. The number of benzene rings is 3. The highest BCUT2D eigenvalue weighted by Crippen LogP contribution is 2.46. The quantitative estimate of drug-likeness (QED) is 0.182. The van der Waals surface area contributed by atoms with Crippen LogP contribution in [0.25, 0.3) is 11.4 Å². The second-order valence-corrected chi connectivity index (χ2v) is 9.71. The lowest BCUT2D eigenvalue weighted by Crippen LogP contribution is -2.39. The van der Waals surface area contributed by atoms with Gasteiger partial charge in [0.25, 0.3) is 0 Å². The molecule has 0 amide bonds. The SMILES string of the molecule is CSc1ncc2c(n1)-c1c(c(C(=O)O)nn1C(c1ccccc1)(c1ccccc1)c1ccccc1)CC2. The van der Waals surface area contributed by atoms with Crippen LogP contribution in [0, 0.1) is 0 Å². The first kappa shape index (κ1) is 23.2. The normalized spacial score (nSPS) is 12.6. The van der Waals surface area contributed by atoms with Crippen LogP contribution in [-0.2, 0) is 18.4 Å². The van der Waals surface area contributed by atoms with Gasteiger partial charge in [-0.05, 0) is 41.4 Å².